The Balaban J connectivity index is 1.11. The van der Waals surface area contributed by atoms with E-state index in [9.17, 15) is 0 Å². The number of hydrogen-bond donors (Lipinski definition) is 1. The van der Waals surface area contributed by atoms with Crippen LogP contribution in [0.5, 0.6) is 0 Å². The van der Waals surface area contributed by atoms with Crippen molar-refractivity contribution in [1.82, 2.24) is 14.9 Å². The Hall–Kier alpha value is -1.94. The van der Waals surface area contributed by atoms with E-state index in [4.69, 9.17) is 9.97 Å². The molecule has 1 N–H and O–H groups in total. The number of nitrogens with zero attached hydrogens (tertiary/aromatic N) is 3. The number of nitrogens with one attached hydrogen (secondary N) is 1. The number of rotatable bonds is 5. The summed E-state index contributed by atoms with van der Waals surface area (Å²) in [4.78, 5) is 11.9. The van der Waals surface area contributed by atoms with Crippen LogP contribution < -0.4 is 5.32 Å². The number of hydrogen-bond acceptors (Lipinski definition) is 4. The molecule has 4 aliphatic carbocycles. The van der Waals surface area contributed by atoms with Gasteiger partial charge in [0.2, 0.25) is 0 Å². The summed E-state index contributed by atoms with van der Waals surface area (Å²) in [5.41, 5.74) is 6.11. The maximum Gasteiger partial charge on any atom is 0.132 e. The van der Waals surface area contributed by atoms with Gasteiger partial charge in [0.1, 0.15) is 12.1 Å². The summed E-state index contributed by atoms with van der Waals surface area (Å²) in [6.45, 7) is 10.9. The molecular formula is C29H40N4. The highest BCUT2D eigenvalue weighted by molar-refractivity contribution is 5.47. The number of benzene rings is 1. The van der Waals surface area contributed by atoms with Crippen LogP contribution in [0.15, 0.2) is 30.6 Å². The van der Waals surface area contributed by atoms with Gasteiger partial charge in [-0.2, -0.15) is 0 Å². The van der Waals surface area contributed by atoms with Crippen LogP contribution in [0.4, 0.5) is 5.82 Å². The first kappa shape index (κ1) is 21.6. The molecule has 176 valence electrons. The fourth-order valence-electron chi connectivity index (χ4n) is 7.84. The normalized spacial score (nSPS) is 30.9. The molecule has 1 aromatic carbocycles. The Morgan fingerprint density at radius 2 is 1.64 bits per heavy atom. The maximum atomic E-state index is 4.71. The van der Waals surface area contributed by atoms with Crippen LogP contribution in [-0.2, 0) is 24.9 Å². The minimum atomic E-state index is 0.207. The molecule has 0 radical (unpaired) electrons. The zero-order valence-electron chi connectivity index (χ0n) is 20.7. The van der Waals surface area contributed by atoms with E-state index < -0.39 is 0 Å². The molecular weight excluding hydrogens is 404 g/mol. The van der Waals surface area contributed by atoms with E-state index in [0.717, 1.165) is 56.2 Å². The lowest BCUT2D eigenvalue weighted by molar-refractivity contribution is -0.0444. The van der Waals surface area contributed by atoms with Crippen LogP contribution in [0.25, 0.3) is 0 Å². The SMILES string of the molecule is CC(C)(C)c1ccc(CN2CCc3c(ncnc3NCC34CC5CC(CC(C5)C3)C4)C2)cc1. The minimum absolute atomic E-state index is 0.207. The lowest BCUT2D eigenvalue weighted by Gasteiger charge is -2.57. The summed E-state index contributed by atoms with van der Waals surface area (Å²) in [5, 5.41) is 3.85. The highest BCUT2D eigenvalue weighted by Crippen LogP contribution is 2.59. The highest BCUT2D eigenvalue weighted by atomic mass is 15.1. The smallest absolute Gasteiger partial charge is 0.132 e. The second kappa shape index (κ2) is 8.08. The summed E-state index contributed by atoms with van der Waals surface area (Å²) in [6.07, 6.45) is 11.7. The summed E-state index contributed by atoms with van der Waals surface area (Å²) in [5.74, 6) is 4.13. The van der Waals surface area contributed by atoms with Gasteiger partial charge in [-0.25, -0.2) is 9.97 Å². The first-order valence-corrected chi connectivity index (χ1v) is 13.2. The third-order valence-electron chi connectivity index (χ3n) is 9.11. The third-order valence-corrected chi connectivity index (χ3v) is 9.11. The van der Waals surface area contributed by atoms with E-state index in [1.807, 2.05) is 0 Å². The van der Waals surface area contributed by atoms with Crippen LogP contribution in [0, 0.1) is 23.2 Å². The number of aromatic nitrogens is 2. The largest absolute Gasteiger partial charge is 0.369 e. The first-order chi connectivity index (χ1) is 15.9. The average Bonchev–Trinajstić information content (AvgIpc) is 2.76. The summed E-state index contributed by atoms with van der Waals surface area (Å²) < 4.78 is 0. The van der Waals surface area contributed by atoms with E-state index in [1.54, 1.807) is 6.33 Å². The van der Waals surface area contributed by atoms with Gasteiger partial charge in [0.05, 0.1) is 5.69 Å². The van der Waals surface area contributed by atoms with Gasteiger partial charge in [-0.1, -0.05) is 45.0 Å². The maximum absolute atomic E-state index is 4.71. The van der Waals surface area contributed by atoms with E-state index in [1.165, 1.54) is 60.9 Å². The molecule has 2 heterocycles. The highest BCUT2D eigenvalue weighted by Gasteiger charge is 2.50. The van der Waals surface area contributed by atoms with Crippen LogP contribution in [0.1, 0.15) is 81.7 Å². The van der Waals surface area contributed by atoms with Gasteiger partial charge in [-0.15, -0.1) is 0 Å². The molecule has 2 aromatic rings. The lowest BCUT2D eigenvalue weighted by Crippen LogP contribution is -2.49. The Kier molecular flexibility index (Phi) is 5.28. The van der Waals surface area contributed by atoms with Gasteiger partial charge in [0.15, 0.2) is 0 Å². The fraction of sp³-hybridized carbons (Fsp3) is 0.655. The topological polar surface area (TPSA) is 41.1 Å². The lowest BCUT2D eigenvalue weighted by atomic mass is 9.49. The van der Waals surface area contributed by atoms with Crippen molar-refractivity contribution in [1.29, 1.82) is 0 Å². The molecule has 7 rings (SSSR count). The van der Waals surface area contributed by atoms with Crippen molar-refractivity contribution in [3.8, 4) is 0 Å². The molecule has 0 spiro atoms. The van der Waals surface area contributed by atoms with Crippen molar-refractivity contribution in [3.63, 3.8) is 0 Å². The summed E-state index contributed by atoms with van der Waals surface area (Å²) in [7, 11) is 0. The molecule has 4 fully saturated rings. The molecule has 4 heteroatoms. The summed E-state index contributed by atoms with van der Waals surface area (Å²) >= 11 is 0. The van der Waals surface area contributed by atoms with Crippen molar-refractivity contribution in [2.75, 3.05) is 18.4 Å². The van der Waals surface area contributed by atoms with Gasteiger partial charge in [-0.05, 0) is 84.7 Å². The van der Waals surface area contributed by atoms with Gasteiger partial charge < -0.3 is 5.32 Å². The van der Waals surface area contributed by atoms with Crippen molar-refractivity contribution in [3.05, 3.63) is 53.0 Å². The second-order valence-electron chi connectivity index (χ2n) is 12.8. The molecule has 4 nitrogen and oxygen atoms in total. The van der Waals surface area contributed by atoms with Crippen LogP contribution in [0.3, 0.4) is 0 Å². The molecule has 0 unspecified atom stereocenters. The zero-order chi connectivity index (χ0) is 22.6. The number of fused-ring (bicyclic) bond motifs is 1. The van der Waals surface area contributed by atoms with Crippen molar-refractivity contribution in [2.24, 2.45) is 23.2 Å². The Labute approximate surface area is 199 Å². The Morgan fingerprint density at radius 3 is 2.27 bits per heavy atom. The predicted molar refractivity (Wildman–Crippen MR) is 134 cm³/mol. The Morgan fingerprint density at radius 1 is 0.970 bits per heavy atom. The zero-order valence-corrected chi connectivity index (χ0v) is 20.7. The summed E-state index contributed by atoms with van der Waals surface area (Å²) in [6, 6.07) is 9.19. The second-order valence-corrected chi connectivity index (χ2v) is 12.8. The van der Waals surface area contributed by atoms with Crippen molar-refractivity contribution >= 4 is 5.82 Å². The van der Waals surface area contributed by atoms with E-state index in [-0.39, 0.29) is 5.41 Å². The molecule has 0 amide bonds. The van der Waals surface area contributed by atoms with Crippen LogP contribution >= 0.6 is 0 Å². The average molecular weight is 445 g/mol. The van der Waals surface area contributed by atoms with E-state index in [2.05, 4.69) is 55.3 Å². The molecule has 1 aromatic heterocycles. The van der Waals surface area contributed by atoms with Crippen LogP contribution in [-0.4, -0.2) is 28.0 Å². The van der Waals surface area contributed by atoms with Crippen LogP contribution in [0.2, 0.25) is 0 Å². The van der Waals surface area contributed by atoms with Gasteiger partial charge in [0.25, 0.3) is 0 Å². The first-order valence-electron chi connectivity index (χ1n) is 13.2. The minimum Gasteiger partial charge on any atom is -0.369 e. The van der Waals surface area contributed by atoms with E-state index >= 15 is 0 Å². The standard InChI is InChI=1S/C29H40N4/c1-28(2,3)24-6-4-20(5-7-24)16-33-9-8-25-26(17-33)31-19-32-27(25)30-18-29-13-21-10-22(14-29)12-23(11-21)15-29/h4-7,19,21-23H,8-18H2,1-3H3,(H,30,31,32). The van der Waals surface area contributed by atoms with Gasteiger partial charge in [-0.3, -0.25) is 4.90 Å². The fourth-order valence-corrected chi connectivity index (χ4v) is 7.84. The van der Waals surface area contributed by atoms with Gasteiger partial charge >= 0.3 is 0 Å². The molecule has 33 heavy (non-hydrogen) atoms. The van der Waals surface area contributed by atoms with Crippen molar-refractivity contribution in [2.45, 2.75) is 84.2 Å². The molecule has 4 saturated carbocycles. The molecule has 1 aliphatic heterocycles. The predicted octanol–water partition coefficient (Wildman–Crippen LogP) is 5.96. The number of anilines is 1. The Bertz CT molecular complexity index is 968. The molecule has 0 atom stereocenters. The van der Waals surface area contributed by atoms with Gasteiger partial charge in [0, 0.05) is 31.7 Å². The quantitative estimate of drug-likeness (QED) is 0.618. The third kappa shape index (κ3) is 4.32. The molecule has 5 aliphatic rings. The van der Waals surface area contributed by atoms with Crippen molar-refractivity contribution < 1.29 is 0 Å². The van der Waals surface area contributed by atoms with E-state index in [0.29, 0.717) is 5.41 Å². The monoisotopic (exact) mass is 444 g/mol. The molecule has 0 saturated heterocycles. The molecule has 4 bridgehead atoms.